The molecule has 0 spiro atoms. The zero-order chi connectivity index (χ0) is 14.0. The summed E-state index contributed by atoms with van der Waals surface area (Å²) >= 11 is 0. The molecule has 0 saturated carbocycles. The van der Waals surface area contributed by atoms with E-state index in [0.717, 1.165) is 0 Å². The van der Waals surface area contributed by atoms with Gasteiger partial charge in [0.2, 0.25) is 0 Å². The number of hydrogen-bond donors (Lipinski definition) is 1. The molecule has 2 N–H and O–H groups in total. The third-order valence-electron chi connectivity index (χ3n) is 2.80. The van der Waals surface area contributed by atoms with Gasteiger partial charge in [0.25, 0.3) is 0 Å². The molecule has 1 aromatic rings. The summed E-state index contributed by atoms with van der Waals surface area (Å²) in [7, 11) is -2.08. The Hall–Kier alpha value is -1.17. The van der Waals surface area contributed by atoms with Crippen molar-refractivity contribution >= 4 is 13.0 Å². The average Bonchev–Trinajstić information content (AvgIpc) is 2.74. The summed E-state index contributed by atoms with van der Waals surface area (Å²) in [4.78, 5) is 15.3. The lowest BCUT2D eigenvalue weighted by molar-refractivity contribution is -0.0726. The van der Waals surface area contributed by atoms with Crippen LogP contribution >= 0.6 is 7.14 Å². The second-order valence-corrected chi connectivity index (χ2v) is 8.58. The monoisotopic (exact) mass is 287 g/mol. The van der Waals surface area contributed by atoms with Crippen molar-refractivity contribution in [2.75, 3.05) is 31.8 Å². The largest absolute Gasteiger partial charge is 0.383 e. The van der Waals surface area contributed by atoms with Crippen LogP contribution in [0.3, 0.4) is 0 Å². The number of hydrogen-bond acceptors (Lipinski definition) is 6. The fraction of sp³-hybridized carbons (Fsp3) is 0.636. The fourth-order valence-corrected chi connectivity index (χ4v) is 2.63. The molecule has 0 radical (unpaired) electrons. The number of nitrogens with two attached hydrogens (primary N) is 1. The molecule has 1 aliphatic rings. The van der Waals surface area contributed by atoms with E-state index >= 15 is 0 Å². The molecule has 106 valence electrons. The molecule has 1 unspecified atom stereocenters. The molecule has 7 nitrogen and oxygen atoms in total. The summed E-state index contributed by atoms with van der Waals surface area (Å²) in [5.74, 6) is 0.176. The highest BCUT2D eigenvalue weighted by atomic mass is 31.2. The molecule has 2 rings (SSSR count). The fourth-order valence-electron chi connectivity index (χ4n) is 1.80. The van der Waals surface area contributed by atoms with Crippen molar-refractivity contribution in [1.29, 1.82) is 0 Å². The second kappa shape index (κ2) is 5.45. The highest BCUT2D eigenvalue weighted by molar-refractivity contribution is 7.62. The molecular formula is C11H18N3O4P. The van der Waals surface area contributed by atoms with Crippen LogP contribution in [0.15, 0.2) is 17.1 Å². The van der Waals surface area contributed by atoms with E-state index in [1.54, 1.807) is 13.3 Å². The van der Waals surface area contributed by atoms with Gasteiger partial charge in [0, 0.05) is 18.8 Å². The van der Waals surface area contributed by atoms with Gasteiger partial charge in [0.05, 0.1) is 13.7 Å². The predicted octanol–water partition coefficient (Wildman–Crippen LogP) is 0.710. The lowest BCUT2D eigenvalue weighted by Crippen LogP contribution is -2.28. The molecule has 1 aromatic heterocycles. The van der Waals surface area contributed by atoms with E-state index in [1.165, 1.54) is 16.8 Å². The van der Waals surface area contributed by atoms with Gasteiger partial charge in [0.1, 0.15) is 5.82 Å². The smallest absolute Gasteiger partial charge is 0.351 e. The Kier molecular flexibility index (Phi) is 4.08. The summed E-state index contributed by atoms with van der Waals surface area (Å²) in [6, 6.07) is 1.53. The molecule has 0 amide bonds. The number of anilines is 1. The van der Waals surface area contributed by atoms with E-state index < -0.39 is 25.3 Å². The van der Waals surface area contributed by atoms with Gasteiger partial charge in [-0.25, -0.2) is 4.79 Å². The molecule has 0 bridgehead atoms. The third-order valence-corrected chi connectivity index (χ3v) is 4.13. The molecular weight excluding hydrogens is 269 g/mol. The maximum atomic E-state index is 11.6. The van der Waals surface area contributed by atoms with Gasteiger partial charge in [-0.2, -0.15) is 4.98 Å². The molecule has 1 aliphatic heterocycles. The van der Waals surface area contributed by atoms with Crippen LogP contribution in [0.2, 0.25) is 0 Å². The molecule has 0 aromatic carbocycles. The van der Waals surface area contributed by atoms with Gasteiger partial charge >= 0.3 is 5.69 Å². The van der Waals surface area contributed by atoms with E-state index in [9.17, 15) is 9.36 Å². The quantitative estimate of drug-likeness (QED) is 0.819. The average molecular weight is 287 g/mol. The highest BCUT2D eigenvalue weighted by Gasteiger charge is 2.28. The third kappa shape index (κ3) is 3.89. The first-order valence-corrected chi connectivity index (χ1v) is 8.79. The van der Waals surface area contributed by atoms with Crippen LogP contribution < -0.4 is 11.4 Å². The van der Waals surface area contributed by atoms with E-state index in [2.05, 4.69) is 4.98 Å². The van der Waals surface area contributed by atoms with Crippen LogP contribution in [0.5, 0.6) is 0 Å². The predicted molar refractivity (Wildman–Crippen MR) is 71.7 cm³/mol. The van der Waals surface area contributed by atoms with Gasteiger partial charge < -0.3 is 19.8 Å². The number of rotatable bonds is 4. The van der Waals surface area contributed by atoms with Gasteiger partial charge in [-0.3, -0.25) is 4.57 Å². The molecule has 2 heterocycles. The Balaban J connectivity index is 1.98. The SMILES string of the molecule is CP(C)(=O)CCC1OC[C@@H](n2ccc(N)nc2=O)O1. The first-order valence-electron chi connectivity index (χ1n) is 6.01. The minimum absolute atomic E-state index is 0.176. The Labute approximate surface area is 111 Å². The summed E-state index contributed by atoms with van der Waals surface area (Å²) in [5.41, 5.74) is 4.95. The van der Waals surface area contributed by atoms with Crippen LogP contribution in [-0.4, -0.2) is 41.9 Å². The molecule has 2 atom stereocenters. The van der Waals surface area contributed by atoms with E-state index in [0.29, 0.717) is 12.6 Å². The molecule has 1 saturated heterocycles. The molecule has 0 aliphatic carbocycles. The first kappa shape index (κ1) is 14.2. The van der Waals surface area contributed by atoms with Crippen LogP contribution in [0, 0.1) is 0 Å². The van der Waals surface area contributed by atoms with Gasteiger partial charge in [-0.15, -0.1) is 0 Å². The van der Waals surface area contributed by atoms with E-state index in [1.807, 2.05) is 0 Å². The zero-order valence-electron chi connectivity index (χ0n) is 11.0. The molecule has 1 fully saturated rings. The van der Waals surface area contributed by atoms with Crippen molar-refractivity contribution in [1.82, 2.24) is 9.55 Å². The number of nitrogen functional groups attached to an aromatic ring is 1. The van der Waals surface area contributed by atoms with Crippen molar-refractivity contribution < 1.29 is 14.0 Å². The lowest BCUT2D eigenvalue weighted by atomic mass is 10.5. The maximum absolute atomic E-state index is 11.6. The minimum atomic E-state index is -2.08. The van der Waals surface area contributed by atoms with Crippen molar-refractivity contribution in [2.45, 2.75) is 18.9 Å². The molecule has 8 heteroatoms. The Morgan fingerprint density at radius 2 is 2.32 bits per heavy atom. The number of aromatic nitrogens is 2. The van der Waals surface area contributed by atoms with Crippen LogP contribution in [0.25, 0.3) is 0 Å². The minimum Gasteiger partial charge on any atom is -0.383 e. The highest BCUT2D eigenvalue weighted by Crippen LogP contribution is 2.38. The van der Waals surface area contributed by atoms with E-state index in [-0.39, 0.29) is 12.4 Å². The second-order valence-electron chi connectivity index (χ2n) is 4.98. The van der Waals surface area contributed by atoms with Crippen molar-refractivity contribution in [3.63, 3.8) is 0 Å². The summed E-state index contributed by atoms with van der Waals surface area (Å²) < 4.78 is 24.0. The summed E-state index contributed by atoms with van der Waals surface area (Å²) in [6.07, 6.45) is 1.71. The topological polar surface area (TPSA) is 96.4 Å². The van der Waals surface area contributed by atoms with Gasteiger partial charge in [0.15, 0.2) is 12.5 Å². The first-order chi connectivity index (χ1) is 8.85. The van der Waals surface area contributed by atoms with Crippen LogP contribution in [-0.2, 0) is 14.0 Å². The van der Waals surface area contributed by atoms with Crippen LogP contribution in [0.4, 0.5) is 5.82 Å². The zero-order valence-corrected chi connectivity index (χ0v) is 11.9. The van der Waals surface area contributed by atoms with Crippen molar-refractivity contribution in [3.8, 4) is 0 Å². The van der Waals surface area contributed by atoms with Crippen LogP contribution in [0.1, 0.15) is 12.6 Å². The Morgan fingerprint density at radius 1 is 1.58 bits per heavy atom. The summed E-state index contributed by atoms with van der Waals surface area (Å²) in [6.45, 7) is 3.73. The standard InChI is InChI=1S/C11H18N3O4P/c1-19(2,16)6-4-10-17-7-9(18-10)14-5-3-8(12)13-11(14)15/h3,5,9-10H,4,6-7H2,1-2H3,(H2,12,13,15)/t9-,10?/m0/s1. The van der Waals surface area contributed by atoms with Gasteiger partial charge in [-0.05, 0) is 19.4 Å². The number of nitrogens with zero attached hydrogens (tertiary/aromatic N) is 2. The maximum Gasteiger partial charge on any atom is 0.351 e. The molecule has 19 heavy (non-hydrogen) atoms. The van der Waals surface area contributed by atoms with Gasteiger partial charge in [-0.1, -0.05) is 0 Å². The normalized spacial score (nSPS) is 23.7. The summed E-state index contributed by atoms with van der Waals surface area (Å²) in [5, 5.41) is 0. The Morgan fingerprint density at radius 3 is 2.95 bits per heavy atom. The van der Waals surface area contributed by atoms with Crippen molar-refractivity contribution in [3.05, 3.63) is 22.7 Å². The Bertz CT molecular complexity index is 553. The van der Waals surface area contributed by atoms with Crippen molar-refractivity contribution in [2.24, 2.45) is 0 Å². The van der Waals surface area contributed by atoms with E-state index in [4.69, 9.17) is 15.2 Å². The number of ether oxygens (including phenoxy) is 2. The lowest BCUT2D eigenvalue weighted by Gasteiger charge is -2.14.